The molecule has 0 spiro atoms. The van der Waals surface area contributed by atoms with Crippen LogP contribution in [0.25, 0.3) is 22.4 Å². The Morgan fingerprint density at radius 2 is 1.92 bits per heavy atom. The van der Waals surface area contributed by atoms with Crippen LogP contribution in [0.15, 0.2) is 52.9 Å². The normalized spacial score (nSPS) is 11.5. The number of anilines is 1. The van der Waals surface area contributed by atoms with Crippen LogP contribution in [0.1, 0.15) is 27.5 Å². The number of hydrogen-bond donors (Lipinski definition) is 2. The van der Waals surface area contributed by atoms with E-state index in [0.717, 1.165) is 17.3 Å². The lowest BCUT2D eigenvalue weighted by Gasteiger charge is -2.13. The third-order valence-corrected chi connectivity index (χ3v) is 5.54. The van der Waals surface area contributed by atoms with E-state index in [0.29, 0.717) is 10.9 Å². The van der Waals surface area contributed by atoms with Crippen molar-refractivity contribution in [1.29, 1.82) is 0 Å². The third kappa shape index (κ3) is 4.96. The minimum absolute atomic E-state index is 0.0000955. The lowest BCUT2D eigenvalue weighted by atomic mass is 10.1. The largest absolute Gasteiger partial charge is 0.494 e. The van der Waals surface area contributed by atoms with Crippen molar-refractivity contribution < 1.29 is 27.1 Å². The highest BCUT2D eigenvalue weighted by molar-refractivity contribution is 5.98. The Bertz CT molecular complexity index is 1420. The van der Waals surface area contributed by atoms with Crippen LogP contribution in [0.5, 0.6) is 5.75 Å². The van der Waals surface area contributed by atoms with Gasteiger partial charge in [0.1, 0.15) is 17.0 Å². The van der Waals surface area contributed by atoms with Crippen molar-refractivity contribution in [2.24, 2.45) is 5.73 Å². The summed E-state index contributed by atoms with van der Waals surface area (Å²) in [5.74, 6) is -0.155. The summed E-state index contributed by atoms with van der Waals surface area (Å²) >= 11 is 0. The molecule has 0 atom stereocenters. The number of ether oxygens (including phenoxy) is 1. The van der Waals surface area contributed by atoms with Crippen LogP contribution in [0.2, 0.25) is 0 Å². The zero-order chi connectivity index (χ0) is 26.0. The molecule has 1 amide bonds. The van der Waals surface area contributed by atoms with Crippen LogP contribution >= 0.6 is 0 Å². The summed E-state index contributed by atoms with van der Waals surface area (Å²) in [4.78, 5) is 22.9. The Morgan fingerprint density at radius 1 is 1.14 bits per heavy atom. The molecule has 0 fully saturated rings. The third-order valence-electron chi connectivity index (χ3n) is 5.54. The molecule has 3 N–H and O–H groups in total. The molecule has 4 rings (SSSR count). The molecule has 11 heteroatoms. The van der Waals surface area contributed by atoms with Crippen LogP contribution in [0.3, 0.4) is 0 Å². The van der Waals surface area contributed by atoms with Gasteiger partial charge in [-0.3, -0.25) is 4.79 Å². The number of carbonyl (C=O) groups excluding carboxylic acids is 1. The number of halogens is 3. The second-order valence-electron chi connectivity index (χ2n) is 8.15. The zero-order valence-electron chi connectivity index (χ0n) is 19.8. The van der Waals surface area contributed by atoms with Gasteiger partial charge in [-0.25, -0.2) is 9.97 Å². The van der Waals surface area contributed by atoms with Crippen LogP contribution < -0.4 is 20.7 Å². The Labute approximate surface area is 204 Å². The highest BCUT2D eigenvalue weighted by Gasteiger charge is 2.33. The van der Waals surface area contributed by atoms with Gasteiger partial charge in [-0.2, -0.15) is 13.2 Å². The molecule has 36 heavy (non-hydrogen) atoms. The smallest absolute Gasteiger partial charge is 0.433 e. The van der Waals surface area contributed by atoms with Gasteiger partial charge in [-0.15, -0.1) is 0 Å². The maximum absolute atomic E-state index is 13.2. The van der Waals surface area contributed by atoms with Crippen molar-refractivity contribution >= 4 is 22.5 Å². The molecule has 8 nitrogen and oxygen atoms in total. The summed E-state index contributed by atoms with van der Waals surface area (Å²) in [7, 11) is 5.18. The quantitative estimate of drug-likeness (QED) is 0.389. The molecule has 0 aliphatic rings. The minimum atomic E-state index is -4.62. The predicted octanol–water partition coefficient (Wildman–Crippen LogP) is 4.37. The molecule has 0 unspecified atom stereocenters. The van der Waals surface area contributed by atoms with E-state index in [1.807, 2.05) is 43.3 Å². The van der Waals surface area contributed by atoms with Gasteiger partial charge in [0, 0.05) is 37.3 Å². The molecule has 0 radical (unpaired) electrons. The van der Waals surface area contributed by atoms with Crippen LogP contribution in [0, 0.1) is 0 Å². The van der Waals surface area contributed by atoms with Crippen molar-refractivity contribution in [3.05, 3.63) is 71.2 Å². The van der Waals surface area contributed by atoms with Gasteiger partial charge in [0.15, 0.2) is 11.5 Å². The van der Waals surface area contributed by atoms with E-state index in [-0.39, 0.29) is 41.7 Å². The fourth-order valence-electron chi connectivity index (χ4n) is 3.69. The molecule has 0 aliphatic heterocycles. The van der Waals surface area contributed by atoms with E-state index < -0.39 is 17.8 Å². The number of pyridine rings is 1. The Kier molecular flexibility index (Phi) is 6.84. The molecule has 2 heterocycles. The SMILES string of the molecule is COc1ccc(-c2nc(C(=O)NCc3cccc(N(C)C)c3)c(CN)o2)c2ccc(C(F)(F)F)nc12. The number of nitrogens with one attached hydrogen (secondary N) is 1. The average molecular weight is 499 g/mol. The fourth-order valence-corrected chi connectivity index (χ4v) is 3.69. The number of oxazole rings is 1. The summed E-state index contributed by atoms with van der Waals surface area (Å²) in [6, 6.07) is 12.9. The van der Waals surface area contributed by atoms with E-state index in [2.05, 4.69) is 15.3 Å². The van der Waals surface area contributed by atoms with Gasteiger partial charge in [-0.05, 0) is 42.0 Å². The van der Waals surface area contributed by atoms with Crippen LogP contribution in [-0.4, -0.2) is 37.1 Å². The van der Waals surface area contributed by atoms with Gasteiger partial charge in [-0.1, -0.05) is 12.1 Å². The molecule has 4 aromatic rings. The first-order valence-electron chi connectivity index (χ1n) is 10.9. The molecule has 188 valence electrons. The van der Waals surface area contributed by atoms with Crippen molar-refractivity contribution in [1.82, 2.24) is 15.3 Å². The lowest BCUT2D eigenvalue weighted by molar-refractivity contribution is -0.140. The molecule has 2 aromatic carbocycles. The van der Waals surface area contributed by atoms with Gasteiger partial charge < -0.3 is 25.1 Å². The first kappa shape index (κ1) is 25.0. The molecule has 0 bridgehead atoms. The standard InChI is InChI=1S/C25H24F3N5O3/c1-33(2)15-6-4-5-14(11-15)13-30-23(34)22-19(12-29)36-24(32-22)17-7-9-18(35-3)21-16(17)8-10-20(31-21)25(26,27)28/h4-11H,12-13,29H2,1-3H3,(H,30,34). The summed E-state index contributed by atoms with van der Waals surface area (Å²) in [6.45, 7) is 0.152. The fraction of sp³-hybridized carbons (Fsp3) is 0.240. The number of hydrogen-bond acceptors (Lipinski definition) is 7. The van der Waals surface area contributed by atoms with E-state index >= 15 is 0 Å². The minimum Gasteiger partial charge on any atom is -0.494 e. The number of nitrogens with zero attached hydrogens (tertiary/aromatic N) is 3. The number of nitrogens with two attached hydrogens (primary N) is 1. The number of amides is 1. The molecule has 0 saturated carbocycles. The average Bonchev–Trinajstić information content (AvgIpc) is 3.30. The summed E-state index contributed by atoms with van der Waals surface area (Å²) in [5.41, 5.74) is 6.95. The molecule has 0 saturated heterocycles. The Hall–Kier alpha value is -4.12. The Balaban J connectivity index is 1.67. The van der Waals surface area contributed by atoms with E-state index in [1.54, 1.807) is 6.07 Å². The molecule has 2 aromatic heterocycles. The van der Waals surface area contributed by atoms with Gasteiger partial charge >= 0.3 is 6.18 Å². The number of aromatic nitrogens is 2. The van der Waals surface area contributed by atoms with Crippen molar-refractivity contribution in [2.45, 2.75) is 19.3 Å². The van der Waals surface area contributed by atoms with Gasteiger partial charge in [0.2, 0.25) is 5.89 Å². The molecule has 0 aliphatic carbocycles. The van der Waals surface area contributed by atoms with Crippen molar-refractivity contribution in [2.75, 3.05) is 26.1 Å². The first-order chi connectivity index (χ1) is 17.1. The Morgan fingerprint density at radius 3 is 2.58 bits per heavy atom. The second kappa shape index (κ2) is 9.86. The topological polar surface area (TPSA) is 107 Å². The summed E-state index contributed by atoms with van der Waals surface area (Å²) in [5, 5.41) is 3.13. The van der Waals surface area contributed by atoms with Crippen LogP contribution in [-0.2, 0) is 19.3 Å². The highest BCUT2D eigenvalue weighted by Crippen LogP contribution is 2.36. The predicted molar refractivity (Wildman–Crippen MR) is 129 cm³/mol. The number of rotatable bonds is 7. The number of benzene rings is 2. The van der Waals surface area contributed by atoms with E-state index in [1.165, 1.54) is 19.2 Å². The van der Waals surface area contributed by atoms with Crippen LogP contribution in [0.4, 0.5) is 18.9 Å². The van der Waals surface area contributed by atoms with Gasteiger partial charge in [0.05, 0.1) is 13.7 Å². The highest BCUT2D eigenvalue weighted by atomic mass is 19.4. The second-order valence-corrected chi connectivity index (χ2v) is 8.15. The number of carbonyl (C=O) groups is 1. The lowest BCUT2D eigenvalue weighted by Crippen LogP contribution is -2.24. The summed E-state index contributed by atoms with van der Waals surface area (Å²) in [6.07, 6.45) is -4.62. The van der Waals surface area contributed by atoms with Crippen molar-refractivity contribution in [3.8, 4) is 17.2 Å². The first-order valence-corrected chi connectivity index (χ1v) is 10.9. The number of methoxy groups -OCH3 is 1. The zero-order valence-corrected chi connectivity index (χ0v) is 19.8. The molecular formula is C25H24F3N5O3. The van der Waals surface area contributed by atoms with E-state index in [9.17, 15) is 18.0 Å². The monoisotopic (exact) mass is 499 g/mol. The van der Waals surface area contributed by atoms with Crippen molar-refractivity contribution in [3.63, 3.8) is 0 Å². The maximum Gasteiger partial charge on any atom is 0.433 e. The number of fused-ring (bicyclic) bond motifs is 1. The molecular weight excluding hydrogens is 475 g/mol. The van der Waals surface area contributed by atoms with E-state index in [4.69, 9.17) is 14.9 Å². The van der Waals surface area contributed by atoms with Gasteiger partial charge in [0.25, 0.3) is 5.91 Å². The summed E-state index contributed by atoms with van der Waals surface area (Å²) < 4.78 is 50.6. The number of alkyl halides is 3. The maximum atomic E-state index is 13.2.